The van der Waals surface area contributed by atoms with Crippen LogP contribution in [0.25, 0.3) is 0 Å². The van der Waals surface area contributed by atoms with E-state index in [9.17, 15) is 24.5 Å². The molecule has 0 spiro atoms. The summed E-state index contributed by atoms with van der Waals surface area (Å²) in [6.45, 7) is 3.66. The maximum atomic E-state index is 14.2. The fraction of sp³-hybridized carbons (Fsp3) is 0.414. The predicted octanol–water partition coefficient (Wildman–Crippen LogP) is 5.14. The Morgan fingerprint density at radius 2 is 1.58 bits per heavy atom. The van der Waals surface area contributed by atoms with Crippen molar-refractivity contribution in [1.29, 1.82) is 0 Å². The number of amides is 3. The molecule has 1 heterocycles. The molecule has 4 aliphatic carbocycles. The summed E-state index contributed by atoms with van der Waals surface area (Å²) in [7, 11) is 0. The van der Waals surface area contributed by atoms with Crippen LogP contribution in [-0.4, -0.2) is 34.2 Å². The number of nitrogens with zero attached hydrogens (tertiary/aromatic N) is 3. The lowest BCUT2D eigenvalue weighted by Crippen LogP contribution is -2.46. The highest BCUT2D eigenvalue weighted by atomic mass is 79.9. The maximum Gasteiger partial charge on any atom is 0.282 e. The molecular formula is C29H28BrN3O5. The zero-order valence-corrected chi connectivity index (χ0v) is 22.8. The largest absolute Gasteiger partial charge is 0.289 e. The molecule has 5 aliphatic rings. The van der Waals surface area contributed by atoms with Gasteiger partial charge in [0.05, 0.1) is 22.4 Å². The van der Waals surface area contributed by atoms with Crippen LogP contribution in [0.15, 0.2) is 53.0 Å². The zero-order chi connectivity index (χ0) is 26.9. The van der Waals surface area contributed by atoms with Crippen LogP contribution < -0.4 is 4.90 Å². The fourth-order valence-electron chi connectivity index (χ4n) is 7.10. The number of aryl methyl sites for hydroxylation is 2. The van der Waals surface area contributed by atoms with E-state index in [4.69, 9.17) is 0 Å². The average molecular weight is 578 g/mol. The van der Waals surface area contributed by atoms with Gasteiger partial charge in [-0.2, -0.15) is 0 Å². The van der Waals surface area contributed by atoms with E-state index in [0.717, 1.165) is 22.0 Å². The number of likely N-dealkylation sites (tertiary alicyclic amines) is 1. The van der Waals surface area contributed by atoms with Crippen LogP contribution in [0.4, 0.5) is 11.4 Å². The summed E-state index contributed by atoms with van der Waals surface area (Å²) in [6.07, 6.45) is 6.48. The Morgan fingerprint density at radius 3 is 2.11 bits per heavy atom. The second-order valence-electron chi connectivity index (χ2n) is 10.7. The molecule has 1 aliphatic heterocycles. The maximum absolute atomic E-state index is 14.2. The van der Waals surface area contributed by atoms with Crippen molar-refractivity contribution in [3.05, 3.63) is 79.8 Å². The SMILES string of the molecule is CCc1cc(Br)cc(CC)c1N(CN1C(=O)C2C3C=CC(C4CC34)C2C1=O)C(=O)c1ccccc1[N+](=O)[O-]. The van der Waals surface area contributed by atoms with Crippen molar-refractivity contribution in [2.75, 3.05) is 11.6 Å². The van der Waals surface area contributed by atoms with Gasteiger partial charge in [-0.05, 0) is 72.3 Å². The Bertz CT molecular complexity index is 1360. The number of carbonyl (C=O) groups excluding carboxylic acids is 3. The van der Waals surface area contributed by atoms with Crippen molar-refractivity contribution in [3.8, 4) is 0 Å². The van der Waals surface area contributed by atoms with E-state index < -0.39 is 10.8 Å². The number of nitro groups is 1. The average Bonchev–Trinajstić information content (AvgIpc) is 3.71. The van der Waals surface area contributed by atoms with Crippen molar-refractivity contribution in [1.82, 2.24) is 4.90 Å². The number of benzene rings is 2. The van der Waals surface area contributed by atoms with Gasteiger partial charge < -0.3 is 0 Å². The summed E-state index contributed by atoms with van der Waals surface area (Å²) < 4.78 is 0.856. The second kappa shape index (κ2) is 9.15. The summed E-state index contributed by atoms with van der Waals surface area (Å²) >= 11 is 3.55. The smallest absolute Gasteiger partial charge is 0.282 e. The minimum Gasteiger partial charge on any atom is -0.289 e. The van der Waals surface area contributed by atoms with E-state index in [-0.39, 0.29) is 53.4 Å². The third kappa shape index (κ3) is 3.66. The number of carbonyl (C=O) groups is 3. The van der Waals surface area contributed by atoms with Gasteiger partial charge in [0.2, 0.25) is 11.8 Å². The first-order chi connectivity index (χ1) is 18.3. The summed E-state index contributed by atoms with van der Waals surface area (Å²) in [6, 6.07) is 9.65. The minimum atomic E-state index is -0.608. The fourth-order valence-corrected chi connectivity index (χ4v) is 7.65. The molecular weight excluding hydrogens is 550 g/mol. The Balaban J connectivity index is 1.45. The standard InChI is InChI=1S/C29H28BrN3O5/c1-3-15-11-17(30)12-16(4-2)26(15)31(27(34)20-7-5-6-8-23(20)33(37)38)14-32-28(35)24-18-9-10-19(22-13-21(18)22)25(24)29(32)36/h5-12,18-19,21-22,24-25H,3-4,13-14H2,1-2H3. The Labute approximate surface area is 229 Å². The zero-order valence-electron chi connectivity index (χ0n) is 21.2. The van der Waals surface area contributed by atoms with E-state index in [1.165, 1.54) is 28.0 Å². The molecule has 6 atom stereocenters. The van der Waals surface area contributed by atoms with Crippen LogP contribution in [0.2, 0.25) is 0 Å². The van der Waals surface area contributed by atoms with Crippen LogP contribution in [-0.2, 0) is 22.4 Å². The van der Waals surface area contributed by atoms with Gasteiger partial charge in [0.15, 0.2) is 0 Å². The number of hydrogen-bond acceptors (Lipinski definition) is 5. The molecule has 8 nitrogen and oxygen atoms in total. The molecule has 9 heteroatoms. The monoisotopic (exact) mass is 577 g/mol. The van der Waals surface area contributed by atoms with E-state index in [0.29, 0.717) is 30.4 Å². The lowest BCUT2D eigenvalue weighted by molar-refractivity contribution is -0.385. The van der Waals surface area contributed by atoms with Crippen LogP contribution in [0.1, 0.15) is 41.8 Å². The van der Waals surface area contributed by atoms with Crippen LogP contribution >= 0.6 is 15.9 Å². The van der Waals surface area contributed by atoms with Gasteiger partial charge in [-0.1, -0.05) is 54.1 Å². The number of nitro benzene ring substituents is 1. The molecule has 6 unspecified atom stereocenters. The minimum absolute atomic E-state index is 0.0703. The first-order valence-corrected chi connectivity index (χ1v) is 14.0. The van der Waals surface area contributed by atoms with Crippen molar-refractivity contribution in [2.24, 2.45) is 35.5 Å². The first-order valence-electron chi connectivity index (χ1n) is 13.2. The third-order valence-corrected chi connectivity index (χ3v) is 9.34. The van der Waals surface area contributed by atoms with E-state index >= 15 is 0 Å². The lowest BCUT2D eigenvalue weighted by Gasteiger charge is -2.37. The predicted molar refractivity (Wildman–Crippen MR) is 144 cm³/mol. The summed E-state index contributed by atoms with van der Waals surface area (Å²) in [4.78, 5) is 55.6. The molecule has 2 aromatic rings. The van der Waals surface area contributed by atoms with Crippen molar-refractivity contribution in [2.45, 2.75) is 33.1 Å². The lowest BCUT2D eigenvalue weighted by atomic mass is 9.63. The molecule has 2 saturated carbocycles. The molecule has 196 valence electrons. The van der Waals surface area contributed by atoms with Crippen molar-refractivity contribution in [3.63, 3.8) is 0 Å². The number of allylic oxidation sites excluding steroid dienone is 2. The third-order valence-electron chi connectivity index (χ3n) is 8.88. The van der Waals surface area contributed by atoms with E-state index in [2.05, 4.69) is 28.1 Å². The highest BCUT2D eigenvalue weighted by Crippen LogP contribution is 2.65. The molecule has 1 saturated heterocycles. The molecule has 38 heavy (non-hydrogen) atoms. The number of para-hydroxylation sites is 1. The summed E-state index contributed by atoms with van der Waals surface area (Å²) in [5, 5.41) is 11.8. The normalized spacial score (nSPS) is 28.3. The number of rotatable bonds is 7. The molecule has 2 bridgehead atoms. The highest BCUT2D eigenvalue weighted by molar-refractivity contribution is 9.10. The molecule has 0 aromatic heterocycles. The molecule has 2 aromatic carbocycles. The van der Waals surface area contributed by atoms with Crippen LogP contribution in [0, 0.1) is 45.6 Å². The summed E-state index contributed by atoms with van der Waals surface area (Å²) in [5.41, 5.74) is 1.90. The Hall–Kier alpha value is -3.33. The highest BCUT2D eigenvalue weighted by Gasteiger charge is 2.67. The van der Waals surface area contributed by atoms with Crippen molar-refractivity contribution < 1.29 is 19.3 Å². The summed E-state index contributed by atoms with van der Waals surface area (Å²) in [5.74, 6) is -0.771. The van der Waals surface area contributed by atoms with Gasteiger partial charge in [-0.15, -0.1) is 0 Å². The van der Waals surface area contributed by atoms with Gasteiger partial charge in [0.25, 0.3) is 11.6 Å². The number of halogens is 1. The van der Waals surface area contributed by atoms with Gasteiger partial charge >= 0.3 is 0 Å². The van der Waals surface area contributed by atoms with Crippen LogP contribution in [0.5, 0.6) is 0 Å². The number of anilines is 1. The first kappa shape index (κ1) is 25.0. The molecule has 7 rings (SSSR count). The van der Waals surface area contributed by atoms with Gasteiger partial charge in [-0.3, -0.25) is 34.3 Å². The van der Waals surface area contributed by atoms with Crippen molar-refractivity contribution >= 4 is 45.0 Å². The second-order valence-corrected chi connectivity index (χ2v) is 11.6. The molecule has 0 N–H and O–H groups in total. The Kier molecular flexibility index (Phi) is 6.01. The molecule has 3 fully saturated rings. The molecule has 0 radical (unpaired) electrons. The van der Waals surface area contributed by atoms with E-state index in [1.54, 1.807) is 6.07 Å². The quantitative estimate of drug-likeness (QED) is 0.196. The topological polar surface area (TPSA) is 101 Å². The van der Waals surface area contributed by atoms with Gasteiger partial charge in [0.1, 0.15) is 12.2 Å². The van der Waals surface area contributed by atoms with Crippen LogP contribution in [0.3, 0.4) is 0 Å². The van der Waals surface area contributed by atoms with Gasteiger partial charge in [-0.25, -0.2) is 0 Å². The molecule has 3 amide bonds. The Morgan fingerprint density at radius 1 is 1.03 bits per heavy atom. The van der Waals surface area contributed by atoms with E-state index in [1.807, 2.05) is 26.0 Å². The number of hydrogen-bond donors (Lipinski definition) is 0. The number of imide groups is 1. The van der Waals surface area contributed by atoms with Gasteiger partial charge in [0, 0.05) is 10.5 Å².